The highest BCUT2D eigenvalue weighted by Crippen LogP contribution is 2.25. The first kappa shape index (κ1) is 14.4. The fraction of sp³-hybridized carbons (Fsp3) is 0.462. The molecule has 0 amide bonds. The van der Waals surface area contributed by atoms with E-state index in [-0.39, 0.29) is 18.6 Å². The van der Waals surface area contributed by atoms with Crippen LogP contribution in [-0.2, 0) is 9.53 Å². The van der Waals surface area contributed by atoms with Gasteiger partial charge in [0, 0.05) is 0 Å². The number of halogens is 2. The number of aryl methyl sites for hydroxylation is 1. The smallest absolute Gasteiger partial charge is 0.347 e. The van der Waals surface area contributed by atoms with Crippen molar-refractivity contribution in [2.24, 2.45) is 0 Å². The average molecular weight is 258 g/mol. The topological polar surface area (TPSA) is 35.5 Å². The van der Waals surface area contributed by atoms with Crippen molar-refractivity contribution in [1.29, 1.82) is 0 Å². The molecule has 1 rings (SSSR count). The molecule has 0 aliphatic heterocycles. The normalized spacial score (nSPS) is 12.1. The third kappa shape index (κ3) is 3.18. The Morgan fingerprint density at radius 1 is 1.33 bits per heavy atom. The number of benzene rings is 1. The van der Waals surface area contributed by atoms with Crippen molar-refractivity contribution >= 4 is 5.97 Å². The molecule has 0 saturated heterocycles. The molecular formula is C13H16F2O3. The Kier molecular flexibility index (Phi) is 5.07. The van der Waals surface area contributed by atoms with Gasteiger partial charge in [0.05, 0.1) is 6.61 Å². The molecule has 0 bridgehead atoms. The van der Waals surface area contributed by atoms with Gasteiger partial charge in [-0.3, -0.25) is 0 Å². The van der Waals surface area contributed by atoms with Crippen molar-refractivity contribution < 1.29 is 23.0 Å². The lowest BCUT2D eigenvalue weighted by Gasteiger charge is -2.17. The highest BCUT2D eigenvalue weighted by Gasteiger charge is 2.23. The van der Waals surface area contributed by atoms with Gasteiger partial charge in [0.25, 0.3) is 0 Å². The van der Waals surface area contributed by atoms with Crippen molar-refractivity contribution in [1.82, 2.24) is 0 Å². The fourth-order valence-corrected chi connectivity index (χ4v) is 1.41. The summed E-state index contributed by atoms with van der Waals surface area (Å²) in [6.07, 6.45) is -0.734. The Hall–Kier alpha value is -1.65. The second-order valence-corrected chi connectivity index (χ2v) is 3.77. The summed E-state index contributed by atoms with van der Waals surface area (Å²) < 4.78 is 37.0. The Morgan fingerprint density at radius 3 is 2.56 bits per heavy atom. The summed E-state index contributed by atoms with van der Waals surface area (Å²) >= 11 is 0. The van der Waals surface area contributed by atoms with E-state index in [1.807, 2.05) is 0 Å². The van der Waals surface area contributed by atoms with Gasteiger partial charge in [0.1, 0.15) is 0 Å². The number of carbonyl (C=O) groups excluding carboxylic acids is 1. The van der Waals surface area contributed by atoms with Crippen LogP contribution in [-0.4, -0.2) is 18.7 Å². The molecule has 100 valence electrons. The van der Waals surface area contributed by atoms with Gasteiger partial charge in [-0.2, -0.15) is 0 Å². The molecule has 0 aliphatic rings. The number of esters is 1. The highest BCUT2D eigenvalue weighted by atomic mass is 19.1. The lowest BCUT2D eigenvalue weighted by atomic mass is 10.2. The second-order valence-electron chi connectivity index (χ2n) is 3.77. The van der Waals surface area contributed by atoms with E-state index in [0.717, 1.165) is 6.07 Å². The molecule has 0 saturated carbocycles. The van der Waals surface area contributed by atoms with Gasteiger partial charge in [-0.15, -0.1) is 0 Å². The summed E-state index contributed by atoms with van der Waals surface area (Å²) in [6, 6.07) is 2.41. The van der Waals surface area contributed by atoms with E-state index >= 15 is 0 Å². The lowest BCUT2D eigenvalue weighted by Crippen LogP contribution is -2.29. The van der Waals surface area contributed by atoms with Crippen molar-refractivity contribution in [2.75, 3.05) is 6.61 Å². The molecule has 1 unspecified atom stereocenters. The Morgan fingerprint density at radius 2 is 2.00 bits per heavy atom. The molecular weight excluding hydrogens is 242 g/mol. The van der Waals surface area contributed by atoms with E-state index in [4.69, 9.17) is 9.47 Å². The van der Waals surface area contributed by atoms with Crippen LogP contribution in [0.1, 0.15) is 25.8 Å². The van der Waals surface area contributed by atoms with Crippen molar-refractivity contribution in [3.05, 3.63) is 29.3 Å². The monoisotopic (exact) mass is 258 g/mol. The van der Waals surface area contributed by atoms with Crippen LogP contribution < -0.4 is 4.74 Å². The standard InChI is InChI=1S/C13H16F2O3/c1-4-10(13(16)17-5-2)18-12-9(14)7-6-8(3)11(12)15/h6-7,10H,4-5H2,1-3H3. The molecule has 1 aromatic carbocycles. The number of rotatable bonds is 5. The SMILES string of the molecule is CCOC(=O)C(CC)Oc1c(F)ccc(C)c1F. The minimum Gasteiger partial charge on any atom is -0.473 e. The quantitative estimate of drug-likeness (QED) is 0.762. The number of hydrogen-bond acceptors (Lipinski definition) is 3. The predicted molar refractivity (Wildman–Crippen MR) is 62.4 cm³/mol. The van der Waals surface area contributed by atoms with Gasteiger partial charge < -0.3 is 9.47 Å². The van der Waals surface area contributed by atoms with Crippen LogP contribution >= 0.6 is 0 Å². The summed E-state index contributed by atoms with van der Waals surface area (Å²) in [5, 5.41) is 0. The molecule has 0 aromatic heterocycles. The Balaban J connectivity index is 2.95. The van der Waals surface area contributed by atoms with Gasteiger partial charge in [0.2, 0.25) is 0 Å². The molecule has 0 N–H and O–H groups in total. The van der Waals surface area contributed by atoms with Crippen molar-refractivity contribution in [3.63, 3.8) is 0 Å². The van der Waals surface area contributed by atoms with Crippen molar-refractivity contribution in [2.45, 2.75) is 33.3 Å². The van der Waals surface area contributed by atoms with Gasteiger partial charge in [-0.25, -0.2) is 13.6 Å². The minimum absolute atomic E-state index is 0.192. The molecule has 18 heavy (non-hydrogen) atoms. The van der Waals surface area contributed by atoms with Crippen LogP contribution in [0.15, 0.2) is 12.1 Å². The summed E-state index contributed by atoms with van der Waals surface area (Å²) in [5.74, 6) is -2.78. The largest absolute Gasteiger partial charge is 0.473 e. The third-order valence-corrected chi connectivity index (χ3v) is 2.42. The van der Waals surface area contributed by atoms with Crippen LogP contribution in [0.5, 0.6) is 5.75 Å². The van der Waals surface area contributed by atoms with Crippen LogP contribution in [0.2, 0.25) is 0 Å². The summed E-state index contributed by atoms with van der Waals surface area (Å²) in [6.45, 7) is 5.01. The predicted octanol–water partition coefficient (Wildman–Crippen LogP) is 2.99. The van der Waals surface area contributed by atoms with E-state index in [1.54, 1.807) is 13.8 Å². The van der Waals surface area contributed by atoms with E-state index < -0.39 is 29.5 Å². The summed E-state index contributed by atoms with van der Waals surface area (Å²) in [7, 11) is 0. The number of ether oxygens (including phenoxy) is 2. The lowest BCUT2D eigenvalue weighted by molar-refractivity contribution is -0.151. The summed E-state index contributed by atoms with van der Waals surface area (Å²) in [4.78, 5) is 11.5. The maximum atomic E-state index is 13.7. The van der Waals surface area contributed by atoms with Crippen LogP contribution in [0.4, 0.5) is 8.78 Å². The Labute approximate surface area is 105 Å². The van der Waals surface area contributed by atoms with Gasteiger partial charge in [-0.05, 0) is 31.9 Å². The molecule has 0 heterocycles. The first-order valence-electron chi connectivity index (χ1n) is 5.79. The van der Waals surface area contributed by atoms with Crippen LogP contribution in [0.3, 0.4) is 0 Å². The Bertz CT molecular complexity index is 432. The van der Waals surface area contributed by atoms with E-state index in [9.17, 15) is 13.6 Å². The van der Waals surface area contributed by atoms with E-state index in [0.29, 0.717) is 0 Å². The molecule has 0 aliphatic carbocycles. The molecule has 0 fully saturated rings. The zero-order valence-corrected chi connectivity index (χ0v) is 10.6. The molecule has 5 heteroatoms. The van der Waals surface area contributed by atoms with E-state index in [2.05, 4.69) is 0 Å². The fourth-order valence-electron chi connectivity index (χ4n) is 1.41. The average Bonchev–Trinajstić information content (AvgIpc) is 2.34. The molecule has 1 aromatic rings. The van der Waals surface area contributed by atoms with Gasteiger partial charge in [-0.1, -0.05) is 13.0 Å². The maximum Gasteiger partial charge on any atom is 0.347 e. The molecule has 0 radical (unpaired) electrons. The van der Waals surface area contributed by atoms with Crippen molar-refractivity contribution in [3.8, 4) is 5.75 Å². The second kappa shape index (κ2) is 6.33. The zero-order valence-electron chi connectivity index (χ0n) is 10.6. The van der Waals surface area contributed by atoms with Crippen LogP contribution in [0, 0.1) is 18.6 Å². The first-order valence-corrected chi connectivity index (χ1v) is 5.79. The van der Waals surface area contributed by atoms with Crippen LogP contribution in [0.25, 0.3) is 0 Å². The maximum absolute atomic E-state index is 13.7. The molecule has 1 atom stereocenters. The summed E-state index contributed by atoms with van der Waals surface area (Å²) in [5.41, 5.74) is 0.255. The third-order valence-electron chi connectivity index (χ3n) is 2.42. The van der Waals surface area contributed by atoms with Gasteiger partial charge >= 0.3 is 5.97 Å². The molecule has 0 spiro atoms. The zero-order chi connectivity index (χ0) is 13.7. The first-order chi connectivity index (χ1) is 8.51. The highest BCUT2D eigenvalue weighted by molar-refractivity contribution is 5.75. The molecule has 3 nitrogen and oxygen atoms in total. The minimum atomic E-state index is -1.00. The van der Waals surface area contributed by atoms with Gasteiger partial charge in [0.15, 0.2) is 23.5 Å². The number of carbonyl (C=O) groups is 1. The van der Waals surface area contributed by atoms with E-state index in [1.165, 1.54) is 13.0 Å². The number of hydrogen-bond donors (Lipinski definition) is 0.